The Morgan fingerprint density at radius 1 is 1.20 bits per heavy atom. The summed E-state index contributed by atoms with van der Waals surface area (Å²) in [5.74, 6) is 0.526. The molecule has 3 rings (SSSR count). The molecule has 7 heteroatoms. The highest BCUT2D eigenvalue weighted by Crippen LogP contribution is 2.20. The standard InChI is InChI=1S/C23H31FN4O.HI/c1-17-11-21(15-28(17)14-18-7-5-4-6-8-18)27-23(25-2)26-13-19-9-10-22(24)20(12-19)16-29-3;/h4-10,12,17,21H,11,13-16H2,1-3H3,(H2,25,26,27);1H. The van der Waals surface area contributed by atoms with Crippen molar-refractivity contribution >= 4 is 29.9 Å². The Morgan fingerprint density at radius 2 is 1.97 bits per heavy atom. The lowest BCUT2D eigenvalue weighted by Crippen LogP contribution is -2.44. The molecule has 2 aromatic carbocycles. The predicted octanol–water partition coefficient (Wildman–Crippen LogP) is 3.92. The lowest BCUT2D eigenvalue weighted by molar-refractivity contribution is 0.181. The Morgan fingerprint density at radius 3 is 2.67 bits per heavy atom. The SMILES string of the molecule is CN=C(NCc1ccc(F)c(COC)c1)NC1CC(C)N(Cc2ccccc2)C1.I. The summed E-state index contributed by atoms with van der Waals surface area (Å²) < 4.78 is 18.8. The maximum atomic E-state index is 13.8. The molecule has 1 heterocycles. The number of aliphatic imine (C=N–C) groups is 1. The van der Waals surface area contributed by atoms with E-state index in [2.05, 4.69) is 57.8 Å². The zero-order chi connectivity index (χ0) is 20.6. The molecule has 0 saturated carbocycles. The summed E-state index contributed by atoms with van der Waals surface area (Å²) in [7, 11) is 3.34. The van der Waals surface area contributed by atoms with Crippen LogP contribution in [-0.4, -0.2) is 43.6 Å². The summed E-state index contributed by atoms with van der Waals surface area (Å²) in [5, 5.41) is 6.87. The number of rotatable bonds is 7. The number of hydrogen-bond donors (Lipinski definition) is 2. The number of methoxy groups -OCH3 is 1. The van der Waals surface area contributed by atoms with Gasteiger partial charge >= 0.3 is 0 Å². The Kier molecular flexibility index (Phi) is 10.0. The highest BCUT2D eigenvalue weighted by Gasteiger charge is 2.29. The van der Waals surface area contributed by atoms with E-state index in [1.807, 2.05) is 6.07 Å². The van der Waals surface area contributed by atoms with Crippen LogP contribution in [-0.2, 0) is 24.4 Å². The fourth-order valence-corrected chi connectivity index (χ4v) is 3.82. The van der Waals surface area contributed by atoms with E-state index < -0.39 is 0 Å². The molecule has 0 radical (unpaired) electrons. The lowest BCUT2D eigenvalue weighted by atomic mass is 10.1. The third kappa shape index (κ3) is 6.92. The van der Waals surface area contributed by atoms with Gasteiger partial charge in [0.05, 0.1) is 6.61 Å². The number of hydrogen-bond acceptors (Lipinski definition) is 3. The number of nitrogens with one attached hydrogen (secondary N) is 2. The Labute approximate surface area is 196 Å². The van der Waals surface area contributed by atoms with E-state index in [9.17, 15) is 4.39 Å². The molecule has 0 spiro atoms. The van der Waals surface area contributed by atoms with E-state index in [4.69, 9.17) is 4.74 Å². The van der Waals surface area contributed by atoms with Crippen LogP contribution in [0.4, 0.5) is 4.39 Å². The van der Waals surface area contributed by atoms with E-state index in [-0.39, 0.29) is 36.4 Å². The van der Waals surface area contributed by atoms with Crippen molar-refractivity contribution in [1.82, 2.24) is 15.5 Å². The molecule has 0 amide bonds. The molecule has 1 aliphatic rings. The fraction of sp³-hybridized carbons (Fsp3) is 0.435. The van der Waals surface area contributed by atoms with E-state index in [1.165, 1.54) is 11.6 Å². The summed E-state index contributed by atoms with van der Waals surface area (Å²) in [5.41, 5.74) is 2.90. The van der Waals surface area contributed by atoms with Crippen molar-refractivity contribution in [3.05, 3.63) is 71.0 Å². The average molecular weight is 526 g/mol. The second-order valence-corrected chi connectivity index (χ2v) is 7.63. The molecule has 2 atom stereocenters. The first-order chi connectivity index (χ1) is 14.1. The van der Waals surface area contributed by atoms with Crippen molar-refractivity contribution in [3.63, 3.8) is 0 Å². The topological polar surface area (TPSA) is 48.9 Å². The summed E-state index contributed by atoms with van der Waals surface area (Å²) >= 11 is 0. The number of nitrogens with zero attached hydrogens (tertiary/aromatic N) is 2. The number of guanidine groups is 1. The van der Waals surface area contributed by atoms with Gasteiger partial charge in [-0.1, -0.05) is 36.4 Å². The molecule has 0 aromatic heterocycles. The van der Waals surface area contributed by atoms with Gasteiger partial charge in [0, 0.05) is 51.4 Å². The quantitative estimate of drug-likeness (QED) is 0.327. The van der Waals surface area contributed by atoms with Gasteiger partial charge in [0.15, 0.2) is 5.96 Å². The predicted molar refractivity (Wildman–Crippen MR) is 131 cm³/mol. The number of halogens is 2. The molecule has 164 valence electrons. The van der Waals surface area contributed by atoms with Gasteiger partial charge in [0.2, 0.25) is 0 Å². The largest absolute Gasteiger partial charge is 0.380 e. The maximum Gasteiger partial charge on any atom is 0.191 e. The summed E-state index contributed by atoms with van der Waals surface area (Å²) in [6, 6.07) is 16.5. The maximum absolute atomic E-state index is 13.8. The van der Waals surface area contributed by atoms with Gasteiger partial charge in [-0.3, -0.25) is 9.89 Å². The molecule has 1 fully saturated rings. The molecule has 2 N–H and O–H groups in total. The van der Waals surface area contributed by atoms with Crippen LogP contribution in [0.1, 0.15) is 30.0 Å². The monoisotopic (exact) mass is 526 g/mol. The normalized spacial score (nSPS) is 19.4. The van der Waals surface area contributed by atoms with Crippen molar-refractivity contribution in [2.24, 2.45) is 4.99 Å². The fourth-order valence-electron chi connectivity index (χ4n) is 3.82. The molecule has 1 saturated heterocycles. The Bertz CT molecular complexity index is 818. The van der Waals surface area contributed by atoms with Crippen molar-refractivity contribution < 1.29 is 9.13 Å². The van der Waals surface area contributed by atoms with Gasteiger partial charge in [0.25, 0.3) is 0 Å². The zero-order valence-corrected chi connectivity index (χ0v) is 20.2. The smallest absolute Gasteiger partial charge is 0.191 e. The highest BCUT2D eigenvalue weighted by atomic mass is 127. The second-order valence-electron chi connectivity index (χ2n) is 7.63. The van der Waals surface area contributed by atoms with Gasteiger partial charge < -0.3 is 15.4 Å². The minimum absolute atomic E-state index is 0. The number of likely N-dealkylation sites (tertiary alicyclic amines) is 1. The van der Waals surface area contributed by atoms with Crippen LogP contribution in [0.15, 0.2) is 53.5 Å². The first-order valence-corrected chi connectivity index (χ1v) is 10.1. The van der Waals surface area contributed by atoms with E-state index in [1.54, 1.807) is 20.2 Å². The molecule has 5 nitrogen and oxygen atoms in total. The third-order valence-corrected chi connectivity index (χ3v) is 5.37. The van der Waals surface area contributed by atoms with Crippen LogP contribution in [0.3, 0.4) is 0 Å². The Balaban J connectivity index is 0.00000320. The molecule has 0 bridgehead atoms. The minimum Gasteiger partial charge on any atom is -0.380 e. The minimum atomic E-state index is -0.239. The van der Waals surface area contributed by atoms with E-state index in [0.29, 0.717) is 24.2 Å². The van der Waals surface area contributed by atoms with Crippen LogP contribution in [0.25, 0.3) is 0 Å². The van der Waals surface area contributed by atoms with Gasteiger partial charge in [-0.2, -0.15) is 0 Å². The molecule has 2 unspecified atom stereocenters. The van der Waals surface area contributed by atoms with Crippen LogP contribution in [0, 0.1) is 5.82 Å². The van der Waals surface area contributed by atoms with Crippen molar-refractivity contribution in [3.8, 4) is 0 Å². The molecule has 1 aliphatic heterocycles. The number of ether oxygens (including phenoxy) is 1. The Hall–Kier alpha value is -1.71. The van der Waals surface area contributed by atoms with Crippen LogP contribution in [0.2, 0.25) is 0 Å². The van der Waals surface area contributed by atoms with Crippen LogP contribution >= 0.6 is 24.0 Å². The highest BCUT2D eigenvalue weighted by molar-refractivity contribution is 14.0. The van der Waals surface area contributed by atoms with Gasteiger partial charge in [-0.05, 0) is 36.6 Å². The van der Waals surface area contributed by atoms with Crippen molar-refractivity contribution in [2.45, 2.75) is 45.1 Å². The molecule has 30 heavy (non-hydrogen) atoms. The first kappa shape index (κ1) is 24.6. The van der Waals surface area contributed by atoms with Crippen molar-refractivity contribution in [1.29, 1.82) is 0 Å². The third-order valence-electron chi connectivity index (χ3n) is 5.37. The summed E-state index contributed by atoms with van der Waals surface area (Å²) in [6.07, 6.45) is 1.07. The zero-order valence-electron chi connectivity index (χ0n) is 17.9. The van der Waals surface area contributed by atoms with Gasteiger partial charge in [-0.15, -0.1) is 24.0 Å². The molecular weight excluding hydrogens is 494 g/mol. The van der Waals surface area contributed by atoms with Gasteiger partial charge in [-0.25, -0.2) is 4.39 Å². The van der Waals surface area contributed by atoms with Gasteiger partial charge in [0.1, 0.15) is 5.82 Å². The van der Waals surface area contributed by atoms with Crippen LogP contribution in [0.5, 0.6) is 0 Å². The average Bonchev–Trinajstić information content (AvgIpc) is 3.07. The molecular formula is C23H32FIN4O. The lowest BCUT2D eigenvalue weighted by Gasteiger charge is -2.21. The summed E-state index contributed by atoms with van der Waals surface area (Å²) in [6.45, 7) is 5.06. The number of benzene rings is 2. The van der Waals surface area contributed by atoms with Crippen LogP contribution < -0.4 is 10.6 Å². The van der Waals surface area contributed by atoms with Crippen molar-refractivity contribution in [2.75, 3.05) is 20.7 Å². The second kappa shape index (κ2) is 12.2. The van der Waals surface area contributed by atoms with E-state index in [0.717, 1.165) is 31.0 Å². The molecule has 2 aromatic rings. The first-order valence-electron chi connectivity index (χ1n) is 10.1. The van der Waals surface area contributed by atoms with E-state index >= 15 is 0 Å². The molecule has 0 aliphatic carbocycles. The summed E-state index contributed by atoms with van der Waals surface area (Å²) in [4.78, 5) is 6.85.